The van der Waals surface area contributed by atoms with Crippen molar-refractivity contribution in [2.45, 2.75) is 18.5 Å². The summed E-state index contributed by atoms with van der Waals surface area (Å²) in [7, 11) is 0. The topological polar surface area (TPSA) is 0 Å². The number of alkyl halides is 9. The van der Waals surface area contributed by atoms with Gasteiger partial charge in [0.2, 0.25) is 0 Å². The van der Waals surface area contributed by atoms with Crippen molar-refractivity contribution < 1.29 is 39.5 Å². The van der Waals surface area contributed by atoms with Crippen LogP contribution in [0.2, 0.25) is 0 Å². The Bertz CT molecular complexity index is 704. The Morgan fingerprint density at radius 2 is 1.09 bits per heavy atom. The third-order valence-corrected chi connectivity index (χ3v) is 2.94. The summed E-state index contributed by atoms with van der Waals surface area (Å²) >= 11 is 0. The molecule has 0 nitrogen and oxygen atoms in total. The van der Waals surface area contributed by atoms with Gasteiger partial charge in [-0.25, -0.2) is 0 Å². The van der Waals surface area contributed by atoms with Crippen LogP contribution in [-0.4, -0.2) is 0 Å². The van der Waals surface area contributed by atoms with Crippen LogP contribution in [-0.2, 0) is 18.5 Å². The first-order valence-electron chi connectivity index (χ1n) is 5.61. The minimum atomic E-state index is -5.59. The van der Waals surface area contributed by atoms with Gasteiger partial charge in [0.05, 0.1) is 16.7 Å². The van der Waals surface area contributed by atoms with Crippen LogP contribution in [0.15, 0.2) is 30.3 Å². The fourth-order valence-corrected chi connectivity index (χ4v) is 2.15. The van der Waals surface area contributed by atoms with Gasteiger partial charge in [0, 0.05) is 5.39 Å². The molecule has 0 bridgehead atoms. The highest BCUT2D eigenvalue weighted by Gasteiger charge is 2.46. The Kier molecular flexibility index (Phi) is 3.58. The number of fused-ring (bicyclic) bond motifs is 1. The van der Waals surface area contributed by atoms with Crippen LogP contribution in [0.1, 0.15) is 16.7 Å². The molecule has 0 aliphatic carbocycles. The second-order valence-corrected chi connectivity index (χ2v) is 4.39. The van der Waals surface area contributed by atoms with E-state index in [1.54, 1.807) is 0 Å². The van der Waals surface area contributed by atoms with Crippen molar-refractivity contribution in [1.82, 2.24) is 0 Å². The van der Waals surface area contributed by atoms with E-state index in [-0.39, 0.29) is 6.07 Å². The van der Waals surface area contributed by atoms with Gasteiger partial charge in [-0.2, -0.15) is 39.5 Å². The van der Waals surface area contributed by atoms with Crippen LogP contribution in [0.4, 0.5) is 39.5 Å². The Balaban J connectivity index is 3.05. The van der Waals surface area contributed by atoms with Crippen molar-refractivity contribution in [2.75, 3.05) is 0 Å². The zero-order chi connectivity index (χ0) is 16.9. The molecule has 0 aromatic heterocycles. The maximum absolute atomic E-state index is 13.0. The molecule has 0 atom stereocenters. The van der Waals surface area contributed by atoms with Crippen LogP contribution in [0.5, 0.6) is 0 Å². The monoisotopic (exact) mass is 332 g/mol. The number of rotatable bonds is 0. The zero-order valence-electron chi connectivity index (χ0n) is 10.3. The smallest absolute Gasteiger partial charge is 0.166 e. The zero-order valence-corrected chi connectivity index (χ0v) is 10.3. The minimum absolute atomic E-state index is 0.130. The average molecular weight is 332 g/mol. The van der Waals surface area contributed by atoms with Crippen molar-refractivity contribution in [3.8, 4) is 0 Å². The van der Waals surface area contributed by atoms with Gasteiger partial charge in [0.15, 0.2) is 0 Å². The molecular formula is C13H5F9. The molecule has 0 aliphatic heterocycles. The van der Waals surface area contributed by atoms with Crippen molar-refractivity contribution in [3.05, 3.63) is 47.0 Å². The summed E-state index contributed by atoms with van der Waals surface area (Å²) in [6.07, 6.45) is -16.2. The summed E-state index contributed by atoms with van der Waals surface area (Å²) in [4.78, 5) is 0. The minimum Gasteiger partial charge on any atom is -0.166 e. The van der Waals surface area contributed by atoms with E-state index < -0.39 is 46.0 Å². The molecule has 0 aliphatic rings. The van der Waals surface area contributed by atoms with Crippen molar-refractivity contribution >= 4 is 10.8 Å². The second kappa shape index (κ2) is 4.79. The van der Waals surface area contributed by atoms with Gasteiger partial charge >= 0.3 is 18.5 Å². The molecule has 0 heterocycles. The molecule has 22 heavy (non-hydrogen) atoms. The molecule has 0 N–H and O–H groups in total. The molecule has 2 aromatic rings. The lowest BCUT2D eigenvalue weighted by molar-refractivity contribution is -0.161. The molecule has 2 aromatic carbocycles. The summed E-state index contributed by atoms with van der Waals surface area (Å²) in [6.45, 7) is 0. The summed E-state index contributed by atoms with van der Waals surface area (Å²) in [5, 5.41) is -2.08. The van der Waals surface area contributed by atoms with Crippen LogP contribution in [0, 0.1) is 0 Å². The molecule has 0 spiro atoms. The van der Waals surface area contributed by atoms with Gasteiger partial charge in [0.25, 0.3) is 0 Å². The normalized spacial score (nSPS) is 13.7. The third-order valence-electron chi connectivity index (χ3n) is 2.94. The maximum atomic E-state index is 13.0. The van der Waals surface area contributed by atoms with Gasteiger partial charge in [0.1, 0.15) is 0 Å². The third kappa shape index (κ3) is 2.84. The molecule has 120 valence electrons. The van der Waals surface area contributed by atoms with E-state index in [4.69, 9.17) is 0 Å². The Morgan fingerprint density at radius 1 is 0.545 bits per heavy atom. The molecule has 0 saturated heterocycles. The average Bonchev–Trinajstić information content (AvgIpc) is 2.33. The maximum Gasteiger partial charge on any atom is 0.417 e. The number of hydrogen-bond acceptors (Lipinski definition) is 0. The van der Waals surface area contributed by atoms with Crippen molar-refractivity contribution in [3.63, 3.8) is 0 Å². The molecule has 0 amide bonds. The van der Waals surface area contributed by atoms with E-state index in [0.717, 1.165) is 12.1 Å². The Morgan fingerprint density at radius 3 is 1.55 bits per heavy atom. The predicted molar refractivity (Wildman–Crippen MR) is 59.0 cm³/mol. The molecular weight excluding hydrogens is 327 g/mol. The van der Waals surface area contributed by atoms with Gasteiger partial charge in [-0.3, -0.25) is 0 Å². The van der Waals surface area contributed by atoms with Crippen LogP contribution in [0.25, 0.3) is 10.8 Å². The first kappa shape index (κ1) is 16.4. The summed E-state index contributed by atoms with van der Waals surface area (Å²) < 4.78 is 116. The van der Waals surface area contributed by atoms with Crippen LogP contribution < -0.4 is 0 Å². The van der Waals surface area contributed by atoms with Crippen LogP contribution in [0.3, 0.4) is 0 Å². The van der Waals surface area contributed by atoms with E-state index in [9.17, 15) is 39.5 Å². The molecule has 0 radical (unpaired) electrons. The fraction of sp³-hybridized carbons (Fsp3) is 0.231. The Hall–Kier alpha value is -1.93. The van der Waals surface area contributed by atoms with E-state index in [1.807, 2.05) is 0 Å². The molecule has 0 fully saturated rings. The van der Waals surface area contributed by atoms with Crippen LogP contribution >= 0.6 is 0 Å². The summed E-state index contributed by atoms with van der Waals surface area (Å²) in [5.74, 6) is 0. The fourth-order valence-electron chi connectivity index (χ4n) is 2.15. The molecule has 2 rings (SSSR count). The lowest BCUT2D eigenvalue weighted by atomic mass is 9.94. The highest BCUT2D eigenvalue weighted by atomic mass is 19.4. The second-order valence-electron chi connectivity index (χ2n) is 4.39. The quantitative estimate of drug-likeness (QED) is 0.527. The highest BCUT2D eigenvalue weighted by Crippen LogP contribution is 2.47. The predicted octanol–water partition coefficient (Wildman–Crippen LogP) is 5.90. The lowest BCUT2D eigenvalue weighted by Gasteiger charge is -2.20. The van der Waals surface area contributed by atoms with E-state index in [2.05, 4.69) is 0 Å². The Labute approximate surface area is 117 Å². The van der Waals surface area contributed by atoms with E-state index in [0.29, 0.717) is 12.1 Å². The molecule has 9 heteroatoms. The van der Waals surface area contributed by atoms with Gasteiger partial charge in [-0.15, -0.1) is 0 Å². The highest BCUT2D eigenvalue weighted by molar-refractivity contribution is 5.91. The van der Waals surface area contributed by atoms with Gasteiger partial charge in [-0.1, -0.05) is 18.2 Å². The molecule has 0 saturated carbocycles. The first-order valence-corrected chi connectivity index (χ1v) is 5.61. The van der Waals surface area contributed by atoms with Gasteiger partial charge < -0.3 is 0 Å². The van der Waals surface area contributed by atoms with Gasteiger partial charge in [-0.05, 0) is 17.5 Å². The standard InChI is InChI=1S/C13H5F9/c14-11(15,16)7-3-1-2-6-4-5-8(12(17,18)19)10(9(6)7)13(20,21)22/h1-5H. The van der Waals surface area contributed by atoms with E-state index in [1.165, 1.54) is 0 Å². The largest absolute Gasteiger partial charge is 0.417 e. The van der Waals surface area contributed by atoms with Crippen molar-refractivity contribution in [2.24, 2.45) is 0 Å². The number of hydrogen-bond donors (Lipinski definition) is 0. The lowest BCUT2D eigenvalue weighted by Crippen LogP contribution is -2.19. The van der Waals surface area contributed by atoms with E-state index >= 15 is 0 Å². The number of benzene rings is 2. The first-order chi connectivity index (χ1) is 9.83. The molecule has 0 unspecified atom stereocenters. The SMILES string of the molecule is FC(F)(F)c1ccc2cccc(C(F)(F)F)c2c1C(F)(F)F. The summed E-state index contributed by atoms with van der Waals surface area (Å²) in [6, 6.07) is 2.75. The number of halogens is 9. The van der Waals surface area contributed by atoms with Crippen molar-refractivity contribution in [1.29, 1.82) is 0 Å². The summed E-state index contributed by atoms with van der Waals surface area (Å²) in [5.41, 5.74) is -6.24.